The number of carbonyl (C=O) groups excluding carboxylic acids is 2. The predicted molar refractivity (Wildman–Crippen MR) is 170 cm³/mol. The molecule has 0 aliphatic carbocycles. The third-order valence-electron chi connectivity index (χ3n) is 8.13. The highest BCUT2D eigenvalue weighted by Gasteiger charge is 2.32. The minimum absolute atomic E-state index is 0.0252. The molecule has 1 aliphatic rings. The number of sulfonamides is 1. The molecule has 1 unspecified atom stereocenters. The van der Waals surface area contributed by atoms with Crippen molar-refractivity contribution in [3.05, 3.63) is 82.4 Å². The first-order valence-electron chi connectivity index (χ1n) is 14.2. The fraction of sp³-hybridized carbons (Fsp3) is 0.375. The van der Waals surface area contributed by atoms with Crippen LogP contribution in [-0.4, -0.2) is 77.4 Å². The van der Waals surface area contributed by atoms with E-state index in [9.17, 15) is 18.0 Å². The Morgan fingerprint density at radius 1 is 1.07 bits per heavy atom. The van der Waals surface area contributed by atoms with Gasteiger partial charge in [0.25, 0.3) is 5.91 Å². The second kappa shape index (κ2) is 13.0. The van der Waals surface area contributed by atoms with Crippen molar-refractivity contribution in [2.45, 2.75) is 37.6 Å². The number of likely N-dealkylation sites (N-methyl/N-ethyl adjacent to an activating group) is 2. The second-order valence-electron chi connectivity index (χ2n) is 11.1. The number of nitrogens with zero attached hydrogens (tertiary/aromatic N) is 3. The molecule has 3 aromatic rings. The lowest BCUT2D eigenvalue weighted by Gasteiger charge is -2.25. The molecule has 1 aliphatic heterocycles. The van der Waals surface area contributed by atoms with Crippen molar-refractivity contribution in [2.75, 3.05) is 63.8 Å². The number of para-hydroxylation sites is 1. The number of esters is 1. The normalized spacial score (nSPS) is 15.3. The van der Waals surface area contributed by atoms with Gasteiger partial charge in [0, 0.05) is 53.7 Å². The van der Waals surface area contributed by atoms with Crippen LogP contribution in [0.4, 0.5) is 17.1 Å². The number of carbonyl (C=O) groups is 2. The molecule has 43 heavy (non-hydrogen) atoms. The highest BCUT2D eigenvalue weighted by Crippen LogP contribution is 2.37. The summed E-state index contributed by atoms with van der Waals surface area (Å²) in [6.45, 7) is 4.56. The molecule has 0 radical (unpaired) electrons. The third kappa shape index (κ3) is 6.78. The topological polar surface area (TPSA) is 125 Å². The highest BCUT2D eigenvalue weighted by atomic mass is 32.2. The Morgan fingerprint density at radius 3 is 2.49 bits per heavy atom. The van der Waals surface area contributed by atoms with E-state index < -0.39 is 21.9 Å². The van der Waals surface area contributed by atoms with E-state index in [-0.39, 0.29) is 30.4 Å². The van der Waals surface area contributed by atoms with Crippen molar-refractivity contribution < 1.29 is 22.7 Å². The van der Waals surface area contributed by atoms with Gasteiger partial charge in [-0.1, -0.05) is 36.4 Å². The molecule has 1 amide bonds. The molecule has 230 valence electrons. The maximum atomic E-state index is 13.8. The first kappa shape index (κ1) is 31.8. The van der Waals surface area contributed by atoms with Crippen LogP contribution in [0.3, 0.4) is 0 Å². The molecule has 0 saturated heterocycles. The molecule has 1 atom stereocenters. The van der Waals surface area contributed by atoms with Crippen molar-refractivity contribution in [1.82, 2.24) is 9.21 Å². The molecule has 10 nitrogen and oxygen atoms in total. The number of benzene rings is 3. The van der Waals surface area contributed by atoms with E-state index in [1.165, 1.54) is 9.21 Å². The number of nitrogens with two attached hydrogens (primary N) is 1. The zero-order valence-electron chi connectivity index (χ0n) is 25.7. The van der Waals surface area contributed by atoms with Crippen molar-refractivity contribution in [2.24, 2.45) is 0 Å². The zero-order chi connectivity index (χ0) is 31.5. The molecule has 1 heterocycles. The summed E-state index contributed by atoms with van der Waals surface area (Å²) in [7, 11) is 3.13. The van der Waals surface area contributed by atoms with Gasteiger partial charge in [0.1, 0.15) is 4.90 Å². The Bertz CT molecular complexity index is 1620. The van der Waals surface area contributed by atoms with E-state index in [4.69, 9.17) is 10.5 Å². The molecule has 0 saturated carbocycles. The van der Waals surface area contributed by atoms with E-state index in [1.54, 1.807) is 33.3 Å². The first-order valence-corrected chi connectivity index (χ1v) is 15.6. The minimum Gasteiger partial charge on any atom is -0.456 e. The fourth-order valence-corrected chi connectivity index (χ4v) is 6.96. The van der Waals surface area contributed by atoms with Crippen LogP contribution in [-0.2, 0) is 30.9 Å². The standard InChI is InChI=1S/C32H41N5O5S/c1-21-11-12-23(17-24(21)19-37-16-15-36(6)28-9-7-8-10-29(28)43(37,40)41)26(18-31(39)42-20-30(38)35(4)5)25-13-14-27(34-3)32(33)22(25)2/h7-14,17,26,34H,15-16,18-20,33H2,1-6H3. The maximum absolute atomic E-state index is 13.8. The number of nitrogens with one attached hydrogen (secondary N) is 1. The molecule has 0 spiro atoms. The van der Waals surface area contributed by atoms with Gasteiger partial charge in [0.2, 0.25) is 10.0 Å². The molecule has 11 heteroatoms. The van der Waals surface area contributed by atoms with Gasteiger partial charge in [0.15, 0.2) is 6.61 Å². The van der Waals surface area contributed by atoms with Crippen LogP contribution >= 0.6 is 0 Å². The van der Waals surface area contributed by atoms with Crippen LogP contribution < -0.4 is 16.0 Å². The van der Waals surface area contributed by atoms with Crippen molar-refractivity contribution >= 4 is 39.0 Å². The number of ether oxygens (including phenoxy) is 1. The molecular weight excluding hydrogens is 566 g/mol. The van der Waals surface area contributed by atoms with Crippen LogP contribution in [0.2, 0.25) is 0 Å². The SMILES string of the molecule is CNc1ccc(C(CC(=O)OCC(=O)N(C)C)c2ccc(C)c(CN3CCN(C)c4ccccc4S3(=O)=O)c2)c(C)c1N. The first-order chi connectivity index (χ1) is 20.3. The minimum atomic E-state index is -3.76. The number of nitrogen functional groups attached to an aromatic ring is 1. The maximum Gasteiger partial charge on any atom is 0.307 e. The smallest absolute Gasteiger partial charge is 0.307 e. The number of rotatable bonds is 9. The Balaban J connectivity index is 1.72. The van der Waals surface area contributed by atoms with Gasteiger partial charge in [-0.15, -0.1) is 0 Å². The van der Waals surface area contributed by atoms with E-state index in [0.717, 1.165) is 33.5 Å². The predicted octanol–water partition coefficient (Wildman–Crippen LogP) is 3.72. The molecule has 0 bridgehead atoms. The number of fused-ring (bicyclic) bond motifs is 1. The lowest BCUT2D eigenvalue weighted by atomic mass is 9.84. The van der Waals surface area contributed by atoms with Gasteiger partial charge in [-0.3, -0.25) is 9.59 Å². The average molecular weight is 608 g/mol. The lowest BCUT2D eigenvalue weighted by Crippen LogP contribution is -2.33. The van der Waals surface area contributed by atoms with Crippen molar-refractivity contribution in [3.63, 3.8) is 0 Å². The van der Waals surface area contributed by atoms with Crippen LogP contribution in [0.25, 0.3) is 0 Å². The van der Waals surface area contributed by atoms with Gasteiger partial charge in [-0.05, 0) is 59.9 Å². The summed E-state index contributed by atoms with van der Waals surface area (Å²) in [6, 6.07) is 16.7. The Labute approximate surface area is 254 Å². The molecule has 4 rings (SSSR count). The van der Waals surface area contributed by atoms with Crippen LogP contribution in [0.1, 0.15) is 40.2 Å². The molecule has 3 N–H and O–H groups in total. The molecular formula is C32H41N5O5S. The third-order valence-corrected chi connectivity index (χ3v) is 10.0. The van der Waals surface area contributed by atoms with Crippen LogP contribution in [0.5, 0.6) is 0 Å². The van der Waals surface area contributed by atoms with E-state index in [2.05, 4.69) is 5.32 Å². The largest absolute Gasteiger partial charge is 0.456 e. The van der Waals surface area contributed by atoms with E-state index in [0.29, 0.717) is 24.5 Å². The quantitative estimate of drug-likeness (QED) is 0.279. The number of hydrogen-bond acceptors (Lipinski definition) is 8. The lowest BCUT2D eigenvalue weighted by molar-refractivity contribution is -0.151. The summed E-state index contributed by atoms with van der Waals surface area (Å²) in [5.41, 5.74) is 12.7. The van der Waals surface area contributed by atoms with Gasteiger partial charge < -0.3 is 25.6 Å². The Kier molecular flexibility index (Phi) is 9.66. The Morgan fingerprint density at radius 2 is 1.79 bits per heavy atom. The van der Waals surface area contributed by atoms with Gasteiger partial charge in [-0.2, -0.15) is 4.31 Å². The Hall–Kier alpha value is -4.09. The molecule has 0 fully saturated rings. The van der Waals surface area contributed by atoms with Gasteiger partial charge in [0.05, 0.1) is 23.5 Å². The number of amides is 1. The number of hydrogen-bond donors (Lipinski definition) is 2. The molecule has 3 aromatic carbocycles. The summed E-state index contributed by atoms with van der Waals surface area (Å²) in [5.74, 6) is -1.28. The van der Waals surface area contributed by atoms with Crippen molar-refractivity contribution in [1.29, 1.82) is 0 Å². The second-order valence-corrected chi connectivity index (χ2v) is 13.0. The monoisotopic (exact) mass is 607 g/mol. The van der Waals surface area contributed by atoms with Gasteiger partial charge >= 0.3 is 5.97 Å². The highest BCUT2D eigenvalue weighted by molar-refractivity contribution is 7.89. The van der Waals surface area contributed by atoms with E-state index >= 15 is 0 Å². The number of anilines is 3. The van der Waals surface area contributed by atoms with Crippen molar-refractivity contribution in [3.8, 4) is 0 Å². The summed E-state index contributed by atoms with van der Waals surface area (Å²) in [6.07, 6.45) is -0.0252. The van der Waals surface area contributed by atoms with E-state index in [1.807, 2.05) is 68.3 Å². The molecule has 0 aromatic heterocycles. The van der Waals surface area contributed by atoms with Crippen LogP contribution in [0.15, 0.2) is 59.5 Å². The summed E-state index contributed by atoms with van der Waals surface area (Å²) in [5, 5.41) is 3.09. The summed E-state index contributed by atoms with van der Waals surface area (Å²) in [4.78, 5) is 28.7. The number of aryl methyl sites for hydroxylation is 1. The summed E-state index contributed by atoms with van der Waals surface area (Å²) >= 11 is 0. The fourth-order valence-electron chi connectivity index (χ4n) is 5.31. The summed E-state index contributed by atoms with van der Waals surface area (Å²) < 4.78 is 34.4. The zero-order valence-corrected chi connectivity index (χ0v) is 26.5. The van der Waals surface area contributed by atoms with Crippen LogP contribution in [0, 0.1) is 13.8 Å². The van der Waals surface area contributed by atoms with Gasteiger partial charge in [-0.25, -0.2) is 8.42 Å². The average Bonchev–Trinajstić information content (AvgIpc) is 3.07.